The van der Waals surface area contributed by atoms with Crippen molar-refractivity contribution in [1.29, 1.82) is 0 Å². The maximum Gasteiger partial charge on any atom is 0.416 e. The zero-order valence-corrected chi connectivity index (χ0v) is 12.1. The summed E-state index contributed by atoms with van der Waals surface area (Å²) in [5.41, 5.74) is 0.216. The number of rotatable bonds is 4. The van der Waals surface area contributed by atoms with E-state index in [1.54, 1.807) is 18.2 Å². The third-order valence-corrected chi connectivity index (χ3v) is 3.22. The number of hydrogen-bond donors (Lipinski definition) is 0. The highest BCUT2D eigenvalue weighted by atomic mass is 19.4. The van der Waals surface area contributed by atoms with Crippen LogP contribution in [0.15, 0.2) is 42.5 Å². The molecule has 2 aromatic carbocycles. The van der Waals surface area contributed by atoms with Crippen LogP contribution in [0.3, 0.4) is 0 Å². The number of aldehydes is 1. The number of ether oxygens (including phenoxy) is 1. The second-order valence-corrected chi connectivity index (χ2v) is 5.20. The van der Waals surface area contributed by atoms with Crippen molar-refractivity contribution < 1.29 is 22.7 Å². The third-order valence-electron chi connectivity index (χ3n) is 3.22. The molecular formula is C17H15F3O2. The lowest BCUT2D eigenvalue weighted by atomic mass is 10.0. The Morgan fingerprint density at radius 2 is 1.82 bits per heavy atom. The molecule has 2 rings (SSSR count). The summed E-state index contributed by atoms with van der Waals surface area (Å²) in [6.45, 7) is 4.00. The standard InChI is InChI=1S/C17H15F3O2/c1-11(2)12-4-3-5-15(8-12)22-16-9-14(17(18,19)20)7-6-13(16)10-21/h3-11H,1-2H3. The van der Waals surface area contributed by atoms with E-state index in [4.69, 9.17) is 4.74 Å². The van der Waals surface area contributed by atoms with E-state index in [9.17, 15) is 18.0 Å². The smallest absolute Gasteiger partial charge is 0.416 e. The Kier molecular flexibility index (Phi) is 4.54. The minimum Gasteiger partial charge on any atom is -0.457 e. The molecule has 116 valence electrons. The summed E-state index contributed by atoms with van der Waals surface area (Å²) in [5.74, 6) is 0.551. The second kappa shape index (κ2) is 6.22. The van der Waals surface area contributed by atoms with Gasteiger partial charge in [-0.1, -0.05) is 26.0 Å². The maximum atomic E-state index is 12.8. The van der Waals surface area contributed by atoms with Crippen LogP contribution in [0.25, 0.3) is 0 Å². The fourth-order valence-corrected chi connectivity index (χ4v) is 1.96. The van der Waals surface area contributed by atoms with E-state index in [1.165, 1.54) is 0 Å². The van der Waals surface area contributed by atoms with E-state index in [0.717, 1.165) is 23.8 Å². The molecule has 2 aromatic rings. The highest BCUT2D eigenvalue weighted by molar-refractivity contribution is 5.79. The summed E-state index contributed by atoms with van der Waals surface area (Å²) in [6.07, 6.45) is -4.01. The Bertz CT molecular complexity index is 676. The van der Waals surface area contributed by atoms with Gasteiger partial charge in [-0.25, -0.2) is 0 Å². The number of benzene rings is 2. The summed E-state index contributed by atoms with van der Waals surface area (Å²) in [6, 6.07) is 9.87. The Balaban J connectivity index is 2.39. The molecule has 0 unspecified atom stereocenters. The third kappa shape index (κ3) is 3.67. The molecule has 2 nitrogen and oxygen atoms in total. The summed E-state index contributed by atoms with van der Waals surface area (Å²) >= 11 is 0. The average molecular weight is 308 g/mol. The molecule has 0 radical (unpaired) electrons. The number of hydrogen-bond acceptors (Lipinski definition) is 2. The molecule has 5 heteroatoms. The van der Waals surface area contributed by atoms with Crippen LogP contribution in [0.5, 0.6) is 11.5 Å². The summed E-state index contributed by atoms with van der Waals surface area (Å²) in [4.78, 5) is 11.0. The molecule has 0 N–H and O–H groups in total. The lowest BCUT2D eigenvalue weighted by Crippen LogP contribution is -2.05. The Labute approximate surface area is 126 Å². The normalized spacial score (nSPS) is 11.5. The van der Waals surface area contributed by atoms with E-state index < -0.39 is 11.7 Å². The first kappa shape index (κ1) is 16.1. The van der Waals surface area contributed by atoms with Gasteiger partial charge in [0.1, 0.15) is 11.5 Å². The summed E-state index contributed by atoms with van der Waals surface area (Å²) in [7, 11) is 0. The lowest BCUT2D eigenvalue weighted by molar-refractivity contribution is -0.137. The van der Waals surface area contributed by atoms with Gasteiger partial charge in [0.05, 0.1) is 11.1 Å². The Morgan fingerprint density at radius 3 is 2.41 bits per heavy atom. The van der Waals surface area contributed by atoms with Crippen molar-refractivity contribution in [3.63, 3.8) is 0 Å². The van der Waals surface area contributed by atoms with Gasteiger partial charge in [0, 0.05) is 0 Å². The number of alkyl halides is 3. The summed E-state index contributed by atoms with van der Waals surface area (Å²) in [5, 5.41) is 0. The summed E-state index contributed by atoms with van der Waals surface area (Å²) < 4.78 is 43.8. The maximum absolute atomic E-state index is 12.8. The number of carbonyl (C=O) groups excluding carboxylic acids is 1. The zero-order valence-electron chi connectivity index (χ0n) is 12.1. The van der Waals surface area contributed by atoms with Gasteiger partial charge in [-0.15, -0.1) is 0 Å². The van der Waals surface area contributed by atoms with Gasteiger partial charge in [-0.2, -0.15) is 13.2 Å². The predicted octanol–water partition coefficient (Wildman–Crippen LogP) is 5.43. The van der Waals surface area contributed by atoms with Crippen molar-refractivity contribution in [3.05, 3.63) is 59.2 Å². The van der Waals surface area contributed by atoms with Crippen LogP contribution in [0.1, 0.15) is 41.3 Å². The van der Waals surface area contributed by atoms with Gasteiger partial charge in [0.2, 0.25) is 0 Å². The number of halogens is 3. The minimum atomic E-state index is -4.49. The second-order valence-electron chi connectivity index (χ2n) is 5.20. The molecule has 0 atom stereocenters. The highest BCUT2D eigenvalue weighted by Crippen LogP contribution is 2.34. The molecule has 0 spiro atoms. The van der Waals surface area contributed by atoms with E-state index in [1.807, 2.05) is 19.9 Å². The van der Waals surface area contributed by atoms with Crippen LogP contribution in [0.4, 0.5) is 13.2 Å². The first-order valence-corrected chi connectivity index (χ1v) is 6.75. The van der Waals surface area contributed by atoms with Gasteiger partial charge in [-0.3, -0.25) is 4.79 Å². The number of carbonyl (C=O) groups is 1. The molecule has 0 fully saturated rings. The predicted molar refractivity (Wildman–Crippen MR) is 77.4 cm³/mol. The molecule has 0 bridgehead atoms. The Morgan fingerprint density at radius 1 is 1.09 bits per heavy atom. The SMILES string of the molecule is CC(C)c1cccc(Oc2cc(C(F)(F)F)ccc2C=O)c1. The molecule has 0 saturated carbocycles. The van der Waals surface area contributed by atoms with Crippen molar-refractivity contribution in [3.8, 4) is 11.5 Å². The highest BCUT2D eigenvalue weighted by Gasteiger charge is 2.31. The van der Waals surface area contributed by atoms with Crippen LogP contribution in [-0.4, -0.2) is 6.29 Å². The topological polar surface area (TPSA) is 26.3 Å². The van der Waals surface area contributed by atoms with Gasteiger partial charge in [-0.05, 0) is 41.8 Å². The largest absolute Gasteiger partial charge is 0.457 e. The molecule has 0 aliphatic heterocycles. The lowest BCUT2D eigenvalue weighted by Gasteiger charge is -2.13. The van der Waals surface area contributed by atoms with E-state index in [0.29, 0.717) is 12.0 Å². The van der Waals surface area contributed by atoms with Crippen molar-refractivity contribution >= 4 is 6.29 Å². The zero-order chi connectivity index (χ0) is 16.3. The van der Waals surface area contributed by atoms with Gasteiger partial charge < -0.3 is 4.74 Å². The molecular weight excluding hydrogens is 293 g/mol. The van der Waals surface area contributed by atoms with Crippen LogP contribution in [-0.2, 0) is 6.18 Å². The Hall–Kier alpha value is -2.30. The quantitative estimate of drug-likeness (QED) is 0.704. The molecule has 22 heavy (non-hydrogen) atoms. The monoisotopic (exact) mass is 308 g/mol. The molecule has 0 heterocycles. The van der Waals surface area contributed by atoms with E-state index >= 15 is 0 Å². The first-order chi connectivity index (χ1) is 10.3. The fourth-order valence-electron chi connectivity index (χ4n) is 1.96. The van der Waals surface area contributed by atoms with Crippen LogP contribution in [0, 0.1) is 0 Å². The van der Waals surface area contributed by atoms with Gasteiger partial charge in [0.15, 0.2) is 6.29 Å². The van der Waals surface area contributed by atoms with Crippen LogP contribution >= 0.6 is 0 Å². The van der Waals surface area contributed by atoms with Crippen molar-refractivity contribution in [1.82, 2.24) is 0 Å². The van der Waals surface area contributed by atoms with Crippen molar-refractivity contribution in [2.75, 3.05) is 0 Å². The molecule has 0 saturated heterocycles. The van der Waals surface area contributed by atoms with Gasteiger partial charge >= 0.3 is 6.18 Å². The molecule has 0 aliphatic carbocycles. The van der Waals surface area contributed by atoms with Gasteiger partial charge in [0.25, 0.3) is 0 Å². The molecule has 0 aromatic heterocycles. The first-order valence-electron chi connectivity index (χ1n) is 6.75. The van der Waals surface area contributed by atoms with Crippen LogP contribution in [0.2, 0.25) is 0 Å². The van der Waals surface area contributed by atoms with Crippen molar-refractivity contribution in [2.24, 2.45) is 0 Å². The van der Waals surface area contributed by atoms with Crippen molar-refractivity contribution in [2.45, 2.75) is 25.9 Å². The molecule has 0 aliphatic rings. The van der Waals surface area contributed by atoms with E-state index in [2.05, 4.69) is 0 Å². The average Bonchev–Trinajstić information content (AvgIpc) is 2.46. The minimum absolute atomic E-state index is 0.0722. The molecule has 0 amide bonds. The fraction of sp³-hybridized carbons (Fsp3) is 0.235. The van der Waals surface area contributed by atoms with E-state index in [-0.39, 0.29) is 17.2 Å². The van der Waals surface area contributed by atoms with Crippen LogP contribution < -0.4 is 4.74 Å².